The van der Waals surface area contributed by atoms with Crippen LogP contribution in [0.5, 0.6) is 34.5 Å². The molecule has 1 atom stereocenters. The van der Waals surface area contributed by atoms with E-state index in [1.807, 2.05) is 0 Å². The van der Waals surface area contributed by atoms with Gasteiger partial charge in [-0.1, -0.05) is 18.2 Å². The van der Waals surface area contributed by atoms with Crippen molar-refractivity contribution in [2.24, 2.45) is 0 Å². The van der Waals surface area contributed by atoms with Crippen LogP contribution in [0.4, 0.5) is 0 Å². The van der Waals surface area contributed by atoms with Crippen LogP contribution in [0.2, 0.25) is 0 Å². The quantitative estimate of drug-likeness (QED) is 0.173. The van der Waals surface area contributed by atoms with Gasteiger partial charge in [-0.05, 0) is 24.3 Å². The number of esters is 2. The van der Waals surface area contributed by atoms with E-state index < -0.39 is 52.9 Å². The Kier molecular flexibility index (Phi) is 6.03. The van der Waals surface area contributed by atoms with Crippen molar-refractivity contribution in [2.45, 2.75) is 12.3 Å². The molecular formula is C27H20O11. The van der Waals surface area contributed by atoms with Crippen molar-refractivity contribution in [3.63, 3.8) is 0 Å². The molecule has 0 aliphatic carbocycles. The van der Waals surface area contributed by atoms with E-state index >= 15 is 0 Å². The van der Waals surface area contributed by atoms with Crippen molar-refractivity contribution in [1.82, 2.24) is 0 Å². The van der Waals surface area contributed by atoms with Crippen molar-refractivity contribution in [3.05, 3.63) is 69.9 Å². The fourth-order valence-corrected chi connectivity index (χ4v) is 4.40. The van der Waals surface area contributed by atoms with E-state index in [0.717, 1.165) is 18.2 Å². The van der Waals surface area contributed by atoms with Crippen LogP contribution in [0.15, 0.2) is 57.7 Å². The van der Waals surface area contributed by atoms with Gasteiger partial charge < -0.3 is 39.1 Å². The minimum Gasteiger partial charge on any atom is -0.507 e. The lowest BCUT2D eigenvalue weighted by molar-refractivity contribution is -0.143. The fourth-order valence-electron chi connectivity index (χ4n) is 4.40. The van der Waals surface area contributed by atoms with E-state index in [1.54, 1.807) is 24.3 Å². The number of rotatable bonds is 5. The molecule has 11 heteroatoms. The fraction of sp³-hybridized carbons (Fsp3) is 0.148. The zero-order valence-corrected chi connectivity index (χ0v) is 19.8. The molecule has 1 aromatic heterocycles. The number of ether oxygens (including phenoxy) is 3. The third kappa shape index (κ3) is 4.09. The first kappa shape index (κ1) is 24.5. The summed E-state index contributed by atoms with van der Waals surface area (Å²) in [5.41, 5.74) is -0.417. The molecule has 0 amide bonds. The van der Waals surface area contributed by atoms with Crippen LogP contribution in [0, 0.1) is 0 Å². The first-order valence-electron chi connectivity index (χ1n) is 11.3. The molecule has 3 aromatic carbocycles. The maximum atomic E-state index is 13.2. The normalized spacial score (nSPS) is 14.6. The Labute approximate surface area is 213 Å². The molecule has 0 fully saturated rings. The van der Waals surface area contributed by atoms with Gasteiger partial charge in [0.05, 0.1) is 13.5 Å². The lowest BCUT2D eigenvalue weighted by Gasteiger charge is -2.27. The van der Waals surface area contributed by atoms with Crippen LogP contribution >= 0.6 is 0 Å². The smallest absolute Gasteiger partial charge is 0.343 e. The molecule has 4 aromatic rings. The van der Waals surface area contributed by atoms with E-state index in [-0.39, 0.29) is 45.8 Å². The Bertz CT molecular complexity index is 1670. The summed E-state index contributed by atoms with van der Waals surface area (Å²) in [5.74, 6) is -4.62. The van der Waals surface area contributed by atoms with E-state index in [9.17, 15) is 34.8 Å². The van der Waals surface area contributed by atoms with Gasteiger partial charge in [0.25, 0.3) is 0 Å². The number of benzene rings is 3. The third-order valence-electron chi connectivity index (χ3n) is 6.17. The molecule has 0 radical (unpaired) electrons. The highest BCUT2D eigenvalue weighted by atomic mass is 16.6. The molecule has 11 nitrogen and oxygen atoms in total. The number of para-hydroxylation sites is 1. The highest BCUT2D eigenvalue weighted by Crippen LogP contribution is 2.48. The molecule has 0 bridgehead atoms. The largest absolute Gasteiger partial charge is 0.507 e. The summed E-state index contributed by atoms with van der Waals surface area (Å²) in [6.07, 6.45) is -0.203. The number of methoxy groups -OCH3 is 1. The van der Waals surface area contributed by atoms with Gasteiger partial charge in [-0.15, -0.1) is 0 Å². The summed E-state index contributed by atoms with van der Waals surface area (Å²) >= 11 is 0. The maximum absolute atomic E-state index is 13.2. The maximum Gasteiger partial charge on any atom is 0.343 e. The predicted molar refractivity (Wildman–Crippen MR) is 131 cm³/mol. The average molecular weight is 520 g/mol. The number of carbonyl (C=O) groups is 2. The lowest BCUT2D eigenvalue weighted by Crippen LogP contribution is -2.23. The number of carbonyl (C=O) groups excluding carboxylic acids is 2. The molecule has 38 heavy (non-hydrogen) atoms. The molecular weight excluding hydrogens is 500 g/mol. The van der Waals surface area contributed by atoms with Gasteiger partial charge in [-0.2, -0.15) is 0 Å². The summed E-state index contributed by atoms with van der Waals surface area (Å²) in [7, 11) is 1.21. The molecule has 5 rings (SSSR count). The Morgan fingerprint density at radius 3 is 2.50 bits per heavy atom. The molecule has 0 spiro atoms. The second kappa shape index (κ2) is 9.36. The van der Waals surface area contributed by atoms with E-state index in [1.165, 1.54) is 13.2 Å². The van der Waals surface area contributed by atoms with Gasteiger partial charge in [0.1, 0.15) is 28.2 Å². The van der Waals surface area contributed by atoms with Gasteiger partial charge in [-0.3, -0.25) is 9.59 Å². The number of fused-ring (bicyclic) bond motifs is 3. The minimum atomic E-state index is -0.972. The molecule has 4 N–H and O–H groups in total. The van der Waals surface area contributed by atoms with Crippen molar-refractivity contribution in [1.29, 1.82) is 0 Å². The topological polar surface area (TPSA) is 173 Å². The van der Waals surface area contributed by atoms with E-state index in [4.69, 9.17) is 13.9 Å². The van der Waals surface area contributed by atoms with E-state index in [0.29, 0.717) is 5.56 Å². The highest BCUT2D eigenvalue weighted by molar-refractivity contribution is 5.94. The molecule has 2 heterocycles. The standard InChI is InChI=1S/C27H20O11/c1-35-21(32)11-36-18-5-3-2-4-13(18)14-9-20(31)37-19-10-17(30)23-24(33)25(34)26(38-27(23)22(14)19)12-6-7-15(28)16(29)8-12/h2-8,10,14,28-30,34H,9,11H2,1H3/t14-/m1/s1. The van der Waals surface area contributed by atoms with Crippen LogP contribution in [-0.4, -0.2) is 46.1 Å². The highest BCUT2D eigenvalue weighted by Gasteiger charge is 2.36. The van der Waals surface area contributed by atoms with Crippen molar-refractivity contribution >= 4 is 22.9 Å². The number of hydrogen-bond acceptors (Lipinski definition) is 11. The first-order valence-corrected chi connectivity index (χ1v) is 11.3. The monoisotopic (exact) mass is 520 g/mol. The predicted octanol–water partition coefficient (Wildman–Crippen LogP) is 3.28. The summed E-state index contributed by atoms with van der Waals surface area (Å²) in [6.45, 7) is -0.398. The number of phenols is 3. The third-order valence-corrected chi connectivity index (χ3v) is 6.17. The molecule has 1 aliphatic rings. The van der Waals surface area contributed by atoms with Crippen LogP contribution in [-0.2, 0) is 14.3 Å². The number of phenolic OH excluding ortho intramolecular Hbond substituents is 3. The van der Waals surface area contributed by atoms with Crippen LogP contribution in [0.1, 0.15) is 23.5 Å². The number of aromatic hydroxyl groups is 4. The second-order valence-electron chi connectivity index (χ2n) is 8.46. The van der Waals surface area contributed by atoms with Gasteiger partial charge >= 0.3 is 11.9 Å². The Morgan fingerprint density at radius 1 is 1.00 bits per heavy atom. The Hall–Kier alpha value is -5.19. The SMILES string of the molecule is COC(=O)COc1ccccc1[C@H]1CC(=O)Oc2cc(O)c3c(=O)c(O)c(-c4ccc(O)c(O)c4)oc3c21. The van der Waals surface area contributed by atoms with Gasteiger partial charge in [0.2, 0.25) is 11.2 Å². The zero-order chi connectivity index (χ0) is 27.1. The zero-order valence-electron chi connectivity index (χ0n) is 19.8. The van der Waals surface area contributed by atoms with E-state index in [2.05, 4.69) is 4.74 Å². The van der Waals surface area contributed by atoms with Crippen LogP contribution in [0.3, 0.4) is 0 Å². The Morgan fingerprint density at radius 2 is 1.76 bits per heavy atom. The van der Waals surface area contributed by atoms with Gasteiger partial charge in [-0.25, -0.2) is 4.79 Å². The lowest BCUT2D eigenvalue weighted by atomic mass is 9.84. The Balaban J connectivity index is 1.78. The van der Waals surface area contributed by atoms with Crippen molar-refractivity contribution < 1.29 is 48.6 Å². The molecule has 194 valence electrons. The molecule has 1 aliphatic heterocycles. The van der Waals surface area contributed by atoms with Gasteiger partial charge in [0.15, 0.2) is 23.9 Å². The second-order valence-corrected chi connectivity index (χ2v) is 8.46. The first-order chi connectivity index (χ1) is 18.2. The summed E-state index contributed by atoms with van der Waals surface area (Å²) < 4.78 is 21.6. The van der Waals surface area contributed by atoms with Gasteiger partial charge in [0, 0.05) is 28.7 Å². The van der Waals surface area contributed by atoms with Crippen molar-refractivity contribution in [3.8, 4) is 45.8 Å². The summed E-state index contributed by atoms with van der Waals surface area (Å²) in [4.78, 5) is 37.4. The number of hydrogen-bond donors (Lipinski definition) is 4. The van der Waals surface area contributed by atoms with Crippen molar-refractivity contribution in [2.75, 3.05) is 13.7 Å². The minimum absolute atomic E-state index is 0.0556. The average Bonchev–Trinajstić information content (AvgIpc) is 2.90. The molecule has 0 unspecified atom stereocenters. The molecule has 0 saturated carbocycles. The summed E-state index contributed by atoms with van der Waals surface area (Å²) in [6, 6.07) is 11.2. The molecule has 0 saturated heterocycles. The van der Waals surface area contributed by atoms with Crippen LogP contribution < -0.4 is 14.9 Å². The summed E-state index contributed by atoms with van der Waals surface area (Å²) in [5, 5.41) is 40.5. The van der Waals surface area contributed by atoms with Crippen LogP contribution in [0.25, 0.3) is 22.3 Å².